The molecule has 0 spiro atoms. The zero-order valence-electron chi connectivity index (χ0n) is 10.2. The van der Waals surface area contributed by atoms with Crippen LogP contribution in [0.4, 0.5) is 10.1 Å². The number of hydrogen-bond acceptors (Lipinski definition) is 3. The Bertz CT molecular complexity index is 373. The molecule has 3 nitrogen and oxygen atoms in total. The number of piperidine rings is 1. The molecule has 0 amide bonds. The Morgan fingerprint density at radius 1 is 1.41 bits per heavy atom. The van der Waals surface area contributed by atoms with Crippen LogP contribution in [0.25, 0.3) is 0 Å². The lowest BCUT2D eigenvalue weighted by Crippen LogP contribution is -2.40. The molecule has 1 aromatic rings. The van der Waals surface area contributed by atoms with Gasteiger partial charge in [0, 0.05) is 18.2 Å². The fraction of sp³-hybridized carbons (Fsp3) is 0.538. The van der Waals surface area contributed by atoms with Crippen LogP contribution in [0.3, 0.4) is 0 Å². The molecular weight excluding hydrogens is 217 g/mol. The largest absolute Gasteiger partial charge is 0.396 e. The third-order valence-corrected chi connectivity index (χ3v) is 3.41. The predicted molar refractivity (Wildman–Crippen MR) is 68.2 cm³/mol. The number of nitrogens with zero attached hydrogens (tertiary/aromatic N) is 1. The number of anilines is 1. The Balaban J connectivity index is 1.87. The molecule has 0 atom stereocenters. The Morgan fingerprint density at radius 3 is 2.82 bits per heavy atom. The van der Waals surface area contributed by atoms with Crippen molar-refractivity contribution in [3.63, 3.8) is 0 Å². The van der Waals surface area contributed by atoms with E-state index < -0.39 is 0 Å². The number of halogens is 1. The molecule has 2 rings (SSSR count). The van der Waals surface area contributed by atoms with Crippen LogP contribution in [-0.2, 0) is 6.54 Å². The van der Waals surface area contributed by atoms with E-state index in [-0.39, 0.29) is 11.5 Å². The summed E-state index contributed by atoms with van der Waals surface area (Å²) < 4.78 is 13.6. The Kier molecular flexibility index (Phi) is 3.97. The first-order valence-corrected chi connectivity index (χ1v) is 6.11. The topological polar surface area (TPSA) is 41.3 Å². The number of benzene rings is 1. The van der Waals surface area contributed by atoms with Gasteiger partial charge in [-0.25, -0.2) is 4.39 Å². The van der Waals surface area contributed by atoms with Crippen molar-refractivity contribution in [3.8, 4) is 0 Å². The van der Waals surface area contributed by atoms with Crippen molar-refractivity contribution in [1.29, 1.82) is 0 Å². The van der Waals surface area contributed by atoms with Gasteiger partial charge in [-0.2, -0.15) is 0 Å². The van der Waals surface area contributed by atoms with Crippen molar-refractivity contribution in [1.82, 2.24) is 10.2 Å². The maximum absolute atomic E-state index is 13.6. The van der Waals surface area contributed by atoms with E-state index in [1.807, 2.05) is 0 Å². The molecule has 4 heteroatoms. The normalized spacial score (nSPS) is 18.5. The van der Waals surface area contributed by atoms with E-state index >= 15 is 0 Å². The zero-order chi connectivity index (χ0) is 12.3. The van der Waals surface area contributed by atoms with Gasteiger partial charge in [-0.15, -0.1) is 0 Å². The van der Waals surface area contributed by atoms with Gasteiger partial charge in [-0.05, 0) is 39.0 Å². The van der Waals surface area contributed by atoms with Crippen LogP contribution in [0, 0.1) is 5.82 Å². The van der Waals surface area contributed by atoms with Crippen molar-refractivity contribution in [3.05, 3.63) is 29.6 Å². The number of rotatable bonds is 3. The van der Waals surface area contributed by atoms with Crippen LogP contribution in [0.15, 0.2) is 18.2 Å². The minimum Gasteiger partial charge on any atom is -0.396 e. The van der Waals surface area contributed by atoms with E-state index in [0.717, 1.165) is 25.9 Å². The van der Waals surface area contributed by atoms with Gasteiger partial charge < -0.3 is 16.0 Å². The summed E-state index contributed by atoms with van der Waals surface area (Å²) in [5, 5.41) is 3.40. The van der Waals surface area contributed by atoms with E-state index in [0.29, 0.717) is 18.2 Å². The number of nitrogens with two attached hydrogens (primary N) is 1. The van der Waals surface area contributed by atoms with Gasteiger partial charge in [0.05, 0.1) is 5.69 Å². The first-order chi connectivity index (χ1) is 8.16. The maximum atomic E-state index is 13.6. The molecule has 1 aromatic carbocycles. The lowest BCUT2D eigenvalue weighted by Gasteiger charge is -2.29. The van der Waals surface area contributed by atoms with E-state index in [9.17, 15) is 4.39 Å². The summed E-state index contributed by atoms with van der Waals surface area (Å²) >= 11 is 0. The third kappa shape index (κ3) is 3.17. The third-order valence-electron chi connectivity index (χ3n) is 3.41. The molecule has 0 saturated carbocycles. The van der Waals surface area contributed by atoms with Gasteiger partial charge in [-0.3, -0.25) is 0 Å². The molecule has 1 aliphatic heterocycles. The summed E-state index contributed by atoms with van der Waals surface area (Å²) in [6, 6.07) is 5.67. The molecule has 0 radical (unpaired) electrons. The van der Waals surface area contributed by atoms with Crippen LogP contribution < -0.4 is 11.1 Å². The van der Waals surface area contributed by atoms with Crippen molar-refractivity contribution in [2.24, 2.45) is 0 Å². The fourth-order valence-corrected chi connectivity index (χ4v) is 2.20. The second-order valence-electron chi connectivity index (χ2n) is 4.78. The monoisotopic (exact) mass is 237 g/mol. The molecule has 1 heterocycles. The van der Waals surface area contributed by atoms with Gasteiger partial charge in [-0.1, -0.05) is 12.1 Å². The highest BCUT2D eigenvalue weighted by Crippen LogP contribution is 2.15. The van der Waals surface area contributed by atoms with Crippen molar-refractivity contribution >= 4 is 5.69 Å². The fourth-order valence-electron chi connectivity index (χ4n) is 2.20. The van der Waals surface area contributed by atoms with Crippen molar-refractivity contribution in [2.45, 2.75) is 25.4 Å². The Morgan fingerprint density at radius 2 is 2.12 bits per heavy atom. The molecule has 3 N–H and O–H groups in total. The number of nitrogens with one attached hydrogen (secondary N) is 1. The zero-order valence-corrected chi connectivity index (χ0v) is 10.2. The molecule has 1 fully saturated rings. The molecule has 17 heavy (non-hydrogen) atoms. The van der Waals surface area contributed by atoms with E-state index in [4.69, 9.17) is 5.73 Å². The van der Waals surface area contributed by atoms with Gasteiger partial charge in [0.2, 0.25) is 0 Å². The van der Waals surface area contributed by atoms with Gasteiger partial charge in [0.25, 0.3) is 0 Å². The molecule has 0 aromatic heterocycles. The summed E-state index contributed by atoms with van der Waals surface area (Å²) in [6.45, 7) is 2.78. The number of nitrogen functional groups attached to an aromatic ring is 1. The second-order valence-corrected chi connectivity index (χ2v) is 4.78. The lowest BCUT2D eigenvalue weighted by atomic mass is 10.0. The van der Waals surface area contributed by atoms with Crippen LogP contribution in [0.2, 0.25) is 0 Å². The van der Waals surface area contributed by atoms with Gasteiger partial charge >= 0.3 is 0 Å². The molecule has 1 aliphatic rings. The highest BCUT2D eigenvalue weighted by atomic mass is 19.1. The van der Waals surface area contributed by atoms with Crippen molar-refractivity contribution in [2.75, 3.05) is 25.9 Å². The van der Waals surface area contributed by atoms with Crippen molar-refractivity contribution < 1.29 is 4.39 Å². The average molecular weight is 237 g/mol. The van der Waals surface area contributed by atoms with Crippen LogP contribution in [0.1, 0.15) is 18.4 Å². The van der Waals surface area contributed by atoms with E-state index in [1.165, 1.54) is 0 Å². The second kappa shape index (κ2) is 5.47. The molecule has 94 valence electrons. The van der Waals surface area contributed by atoms with E-state index in [2.05, 4.69) is 17.3 Å². The van der Waals surface area contributed by atoms with Crippen LogP contribution in [0.5, 0.6) is 0 Å². The summed E-state index contributed by atoms with van der Waals surface area (Å²) in [5.74, 6) is -0.284. The smallest absolute Gasteiger partial charge is 0.150 e. The van der Waals surface area contributed by atoms with Gasteiger partial charge in [0.15, 0.2) is 5.82 Å². The highest BCUT2D eigenvalue weighted by molar-refractivity contribution is 5.42. The van der Waals surface area contributed by atoms with Crippen LogP contribution >= 0.6 is 0 Å². The quantitative estimate of drug-likeness (QED) is 0.784. The highest BCUT2D eigenvalue weighted by Gasteiger charge is 2.16. The Hall–Kier alpha value is -1.13. The molecule has 0 aliphatic carbocycles. The predicted octanol–water partition coefficient (Wildman–Crippen LogP) is 1.59. The average Bonchev–Trinajstić information content (AvgIpc) is 2.33. The Labute approximate surface area is 102 Å². The van der Waals surface area contributed by atoms with Gasteiger partial charge in [0.1, 0.15) is 0 Å². The number of hydrogen-bond donors (Lipinski definition) is 2. The summed E-state index contributed by atoms with van der Waals surface area (Å²) in [6.07, 6.45) is 2.25. The van der Waals surface area contributed by atoms with Crippen LogP contribution in [-0.4, -0.2) is 31.1 Å². The summed E-state index contributed by atoms with van der Waals surface area (Å²) in [7, 11) is 2.13. The minimum absolute atomic E-state index is 0.229. The van der Waals surface area contributed by atoms with E-state index in [1.54, 1.807) is 18.2 Å². The first kappa shape index (κ1) is 12.3. The SMILES string of the molecule is CN1CCC(NCc2cccc(N)c2F)CC1. The molecular formula is C13H20FN3. The minimum atomic E-state index is -0.284. The molecule has 0 bridgehead atoms. The molecule has 1 saturated heterocycles. The maximum Gasteiger partial charge on any atom is 0.150 e. The summed E-state index contributed by atoms with van der Waals surface area (Å²) in [4.78, 5) is 2.32. The molecule has 0 unspecified atom stereocenters. The number of likely N-dealkylation sites (tertiary alicyclic amines) is 1. The standard InChI is InChI=1S/C13H20FN3/c1-17-7-5-11(6-8-17)16-9-10-3-2-4-12(15)13(10)14/h2-4,11,16H,5-9,15H2,1H3. The lowest BCUT2D eigenvalue weighted by molar-refractivity contribution is 0.233. The summed E-state index contributed by atoms with van der Waals surface area (Å²) in [5.41, 5.74) is 6.42. The first-order valence-electron chi connectivity index (χ1n) is 6.11.